The number of hydrogen-bond donors (Lipinski definition) is 1. The maximum Gasteiger partial charge on any atom is 0.253 e. The number of nitrogens with zero attached hydrogens (tertiary/aromatic N) is 3. The Morgan fingerprint density at radius 3 is 2.55 bits per heavy atom. The van der Waals surface area contributed by atoms with Crippen molar-refractivity contribution in [3.63, 3.8) is 0 Å². The van der Waals surface area contributed by atoms with E-state index in [1.807, 2.05) is 36.1 Å². The molecule has 8 heteroatoms. The lowest BCUT2D eigenvalue weighted by Crippen LogP contribution is -2.47. The zero-order valence-electron chi connectivity index (χ0n) is 17.0. The summed E-state index contributed by atoms with van der Waals surface area (Å²) in [6.45, 7) is 5.86. The minimum absolute atomic E-state index is 0.0459. The van der Waals surface area contributed by atoms with Gasteiger partial charge in [-0.1, -0.05) is 12.1 Å². The lowest BCUT2D eigenvalue weighted by Gasteiger charge is -2.32. The third-order valence-corrected chi connectivity index (χ3v) is 6.69. The fourth-order valence-corrected chi connectivity index (χ4v) is 4.61. The highest BCUT2D eigenvalue weighted by atomic mass is 32.2. The van der Waals surface area contributed by atoms with Crippen LogP contribution in [0.2, 0.25) is 0 Å². The molecule has 6 nitrogen and oxygen atoms in total. The van der Waals surface area contributed by atoms with Crippen LogP contribution in [-0.2, 0) is 17.1 Å². The number of piperazine rings is 1. The summed E-state index contributed by atoms with van der Waals surface area (Å²) in [6, 6.07) is 7.55. The van der Waals surface area contributed by atoms with Crippen molar-refractivity contribution < 1.29 is 9.59 Å². The first-order valence-corrected chi connectivity index (χ1v) is 11.9. The Morgan fingerprint density at radius 2 is 1.90 bits per heavy atom. The molecule has 2 aromatic rings. The molecule has 2 amide bonds. The normalized spacial score (nSPS) is 14.8. The molecular formula is C21H28N4O2S2. The number of hydrogen-bond acceptors (Lipinski definition) is 6. The van der Waals surface area contributed by atoms with Crippen molar-refractivity contribution in [2.24, 2.45) is 0 Å². The molecule has 29 heavy (non-hydrogen) atoms. The van der Waals surface area contributed by atoms with E-state index < -0.39 is 0 Å². The summed E-state index contributed by atoms with van der Waals surface area (Å²) >= 11 is 3.38. The molecule has 0 aliphatic carbocycles. The highest BCUT2D eigenvalue weighted by Gasteiger charge is 2.20. The predicted octanol–water partition coefficient (Wildman–Crippen LogP) is 2.78. The lowest BCUT2D eigenvalue weighted by atomic mass is 10.1. The molecule has 1 N–H and O–H groups in total. The van der Waals surface area contributed by atoms with Crippen LogP contribution in [0.5, 0.6) is 0 Å². The fraction of sp³-hybridized carbons (Fsp3) is 0.476. The number of aromatic nitrogens is 1. The Bertz CT molecular complexity index is 814. The lowest BCUT2D eigenvalue weighted by molar-refractivity contribution is -0.120. The molecule has 1 aliphatic rings. The number of carbonyl (C=O) groups excluding carboxylic acids is 2. The van der Waals surface area contributed by atoms with Gasteiger partial charge in [-0.15, -0.1) is 11.3 Å². The van der Waals surface area contributed by atoms with Crippen LogP contribution in [0.3, 0.4) is 0 Å². The largest absolute Gasteiger partial charge is 0.352 e. The van der Waals surface area contributed by atoms with Crippen LogP contribution >= 0.6 is 23.1 Å². The van der Waals surface area contributed by atoms with Gasteiger partial charge in [0.2, 0.25) is 5.91 Å². The van der Waals surface area contributed by atoms with Crippen molar-refractivity contribution in [2.75, 3.05) is 39.0 Å². The Hall–Kier alpha value is -1.90. The van der Waals surface area contributed by atoms with Crippen molar-refractivity contribution in [1.82, 2.24) is 20.1 Å². The second-order valence-electron chi connectivity index (χ2n) is 7.23. The van der Waals surface area contributed by atoms with Gasteiger partial charge >= 0.3 is 0 Å². The van der Waals surface area contributed by atoms with Crippen LogP contribution in [0.25, 0.3) is 0 Å². The van der Waals surface area contributed by atoms with Crippen LogP contribution in [-0.4, -0.2) is 65.6 Å². The summed E-state index contributed by atoms with van der Waals surface area (Å²) in [6.07, 6.45) is 0.494. The summed E-state index contributed by atoms with van der Waals surface area (Å²) in [5.74, 6) is 1.76. The van der Waals surface area contributed by atoms with Gasteiger partial charge in [-0.05, 0) is 31.7 Å². The average Bonchev–Trinajstić information content (AvgIpc) is 3.15. The minimum atomic E-state index is 0.0459. The molecule has 1 fully saturated rings. The summed E-state index contributed by atoms with van der Waals surface area (Å²) in [5.41, 5.74) is 2.79. The first-order valence-electron chi connectivity index (χ1n) is 9.83. The van der Waals surface area contributed by atoms with Crippen LogP contribution in [0.1, 0.15) is 33.0 Å². The molecule has 0 spiro atoms. The second-order valence-corrected chi connectivity index (χ2v) is 9.40. The number of benzene rings is 1. The molecule has 2 heterocycles. The molecule has 0 unspecified atom stereocenters. The van der Waals surface area contributed by atoms with Gasteiger partial charge in [-0.2, -0.15) is 11.8 Å². The summed E-state index contributed by atoms with van der Waals surface area (Å²) in [5, 5.41) is 6.10. The van der Waals surface area contributed by atoms with E-state index in [2.05, 4.69) is 27.6 Å². The molecular weight excluding hydrogens is 404 g/mol. The van der Waals surface area contributed by atoms with Crippen LogP contribution in [0.4, 0.5) is 0 Å². The Kier molecular flexibility index (Phi) is 8.09. The molecule has 1 aliphatic heterocycles. The molecule has 1 aromatic carbocycles. The van der Waals surface area contributed by atoms with Gasteiger partial charge in [0.25, 0.3) is 5.91 Å². The van der Waals surface area contributed by atoms with Crippen molar-refractivity contribution in [1.29, 1.82) is 0 Å². The number of likely N-dealkylation sites (N-methyl/N-ethyl adjacent to an activating group) is 1. The Labute approximate surface area is 180 Å². The van der Waals surface area contributed by atoms with Gasteiger partial charge in [0.05, 0.1) is 10.7 Å². The van der Waals surface area contributed by atoms with E-state index in [0.29, 0.717) is 18.5 Å². The van der Waals surface area contributed by atoms with Crippen molar-refractivity contribution in [3.8, 4) is 0 Å². The Morgan fingerprint density at radius 1 is 1.17 bits per heavy atom. The number of amides is 2. The topological polar surface area (TPSA) is 65.5 Å². The first kappa shape index (κ1) is 21.8. The third-order valence-electron chi connectivity index (χ3n) is 4.87. The van der Waals surface area contributed by atoms with Crippen molar-refractivity contribution in [2.45, 2.75) is 25.6 Å². The highest BCUT2D eigenvalue weighted by molar-refractivity contribution is 7.98. The Balaban J connectivity index is 1.36. The maximum atomic E-state index is 12.6. The van der Waals surface area contributed by atoms with Gasteiger partial charge in [-0.3, -0.25) is 9.59 Å². The molecule has 3 rings (SSSR count). The molecule has 1 saturated heterocycles. The molecule has 1 aromatic heterocycles. The fourth-order valence-electron chi connectivity index (χ4n) is 3.06. The van der Waals surface area contributed by atoms with E-state index in [9.17, 15) is 9.59 Å². The summed E-state index contributed by atoms with van der Waals surface area (Å²) in [4.78, 5) is 33.2. The van der Waals surface area contributed by atoms with E-state index in [-0.39, 0.29) is 11.8 Å². The molecule has 0 saturated carbocycles. The zero-order valence-corrected chi connectivity index (χ0v) is 18.7. The van der Waals surface area contributed by atoms with E-state index in [4.69, 9.17) is 0 Å². The average molecular weight is 433 g/mol. The quantitative estimate of drug-likeness (QED) is 0.650. The van der Waals surface area contributed by atoms with Gasteiger partial charge in [0.15, 0.2) is 0 Å². The standard InChI is InChI=1S/C21H28N4O2S2/c1-16-23-19(15-29-16)14-28-12-7-20(26)22-13-17-3-5-18(6-4-17)21(27)25-10-8-24(2)9-11-25/h3-6,15H,7-14H2,1-2H3,(H,22,26). The first-order chi connectivity index (χ1) is 14.0. The summed E-state index contributed by atoms with van der Waals surface area (Å²) in [7, 11) is 2.07. The number of thiazole rings is 1. The van der Waals surface area contributed by atoms with Gasteiger partial charge in [0.1, 0.15) is 0 Å². The third kappa shape index (κ3) is 6.83. The number of nitrogens with one attached hydrogen (secondary N) is 1. The smallest absolute Gasteiger partial charge is 0.253 e. The predicted molar refractivity (Wildman–Crippen MR) is 119 cm³/mol. The molecule has 156 valence electrons. The van der Waals surface area contributed by atoms with Gasteiger partial charge in [0, 0.05) is 61.6 Å². The van der Waals surface area contributed by atoms with Crippen LogP contribution in [0, 0.1) is 6.92 Å². The van der Waals surface area contributed by atoms with Gasteiger partial charge in [-0.25, -0.2) is 4.98 Å². The SMILES string of the molecule is Cc1nc(CSCCC(=O)NCc2ccc(C(=O)N3CCN(C)CC3)cc2)cs1. The van der Waals surface area contributed by atoms with Gasteiger partial charge < -0.3 is 15.1 Å². The second kappa shape index (κ2) is 10.8. The van der Waals surface area contributed by atoms with Crippen molar-refractivity contribution in [3.05, 3.63) is 51.5 Å². The number of rotatable bonds is 8. The number of aryl methyl sites for hydroxylation is 1. The van der Waals surface area contributed by atoms with E-state index in [1.54, 1.807) is 23.1 Å². The van der Waals surface area contributed by atoms with Crippen LogP contribution in [0.15, 0.2) is 29.6 Å². The van der Waals surface area contributed by atoms with Crippen LogP contribution < -0.4 is 5.32 Å². The van der Waals surface area contributed by atoms with E-state index >= 15 is 0 Å². The van der Waals surface area contributed by atoms with E-state index in [1.165, 1.54) is 0 Å². The molecule has 0 atom stereocenters. The molecule has 0 radical (unpaired) electrons. The monoisotopic (exact) mass is 432 g/mol. The van der Waals surface area contributed by atoms with Crippen molar-refractivity contribution >= 4 is 34.9 Å². The number of carbonyl (C=O) groups is 2. The minimum Gasteiger partial charge on any atom is -0.352 e. The maximum absolute atomic E-state index is 12.6. The van der Waals surface area contributed by atoms with E-state index in [0.717, 1.165) is 53.9 Å². The molecule has 0 bridgehead atoms. The number of thioether (sulfide) groups is 1. The summed E-state index contributed by atoms with van der Waals surface area (Å²) < 4.78 is 0. The highest BCUT2D eigenvalue weighted by Crippen LogP contribution is 2.16. The zero-order chi connectivity index (χ0) is 20.6.